The van der Waals surface area contributed by atoms with Crippen LogP contribution in [-0.2, 0) is 4.79 Å². The van der Waals surface area contributed by atoms with Crippen LogP contribution in [0.15, 0.2) is 0 Å². The standard InChI is InChI=1S/C21H34N2OS/c1-4-16-8-17(20(16,2)3)9-18(24)22-19(25)23-21-10-13-5-14(11-21)7-15(6-13)12-21/h13-17H,4-12H2,1-3H3,(H2,22,23,24,25)/t13?,14?,15?,16-,17-,21?/m1/s1. The Bertz CT molecular complexity index is 535. The van der Waals surface area contributed by atoms with E-state index in [1.165, 1.54) is 51.4 Å². The van der Waals surface area contributed by atoms with Crippen LogP contribution in [0.1, 0.15) is 78.6 Å². The second kappa shape index (κ2) is 6.21. The molecule has 4 bridgehead atoms. The third-order valence-corrected chi connectivity index (χ3v) is 8.47. The van der Waals surface area contributed by atoms with E-state index in [1.54, 1.807) is 0 Å². The maximum Gasteiger partial charge on any atom is 0.226 e. The second-order valence-corrected chi connectivity index (χ2v) is 10.7. The highest BCUT2D eigenvalue weighted by Crippen LogP contribution is 2.56. The average Bonchev–Trinajstić information content (AvgIpc) is 2.48. The molecule has 0 aromatic carbocycles. The summed E-state index contributed by atoms with van der Waals surface area (Å²) < 4.78 is 0. The van der Waals surface area contributed by atoms with Crippen LogP contribution in [0.2, 0.25) is 0 Å². The van der Waals surface area contributed by atoms with Crippen molar-refractivity contribution in [2.75, 3.05) is 0 Å². The van der Waals surface area contributed by atoms with E-state index in [0.29, 0.717) is 22.9 Å². The van der Waals surface area contributed by atoms with Crippen molar-refractivity contribution < 1.29 is 4.79 Å². The lowest BCUT2D eigenvalue weighted by atomic mass is 9.53. The highest BCUT2D eigenvalue weighted by atomic mass is 32.1. The number of nitrogens with one attached hydrogen (secondary N) is 2. The normalized spacial score (nSPS) is 43.4. The van der Waals surface area contributed by atoms with E-state index < -0.39 is 0 Å². The van der Waals surface area contributed by atoms with Gasteiger partial charge >= 0.3 is 0 Å². The molecule has 5 aliphatic carbocycles. The van der Waals surface area contributed by atoms with Gasteiger partial charge in [0.15, 0.2) is 5.11 Å². The Kier molecular flexibility index (Phi) is 4.41. The largest absolute Gasteiger partial charge is 0.357 e. The number of carbonyl (C=O) groups excluding carboxylic acids is 1. The molecule has 3 nitrogen and oxygen atoms in total. The molecule has 0 unspecified atom stereocenters. The van der Waals surface area contributed by atoms with Crippen LogP contribution in [-0.4, -0.2) is 16.6 Å². The Morgan fingerprint density at radius 1 is 1.00 bits per heavy atom. The highest BCUT2D eigenvalue weighted by molar-refractivity contribution is 7.80. The lowest BCUT2D eigenvalue weighted by molar-refractivity contribution is -0.125. The van der Waals surface area contributed by atoms with Gasteiger partial charge in [-0.1, -0.05) is 27.2 Å². The zero-order valence-corrected chi connectivity index (χ0v) is 16.9. The molecule has 0 aromatic rings. The van der Waals surface area contributed by atoms with E-state index >= 15 is 0 Å². The molecule has 2 atom stereocenters. The first-order valence-corrected chi connectivity index (χ1v) is 10.8. The summed E-state index contributed by atoms with van der Waals surface area (Å²) in [6.07, 6.45) is 11.1. The number of carbonyl (C=O) groups is 1. The quantitative estimate of drug-likeness (QED) is 0.728. The van der Waals surface area contributed by atoms with Gasteiger partial charge in [0.05, 0.1) is 0 Å². The first-order valence-electron chi connectivity index (χ1n) is 10.4. The molecule has 2 N–H and O–H groups in total. The lowest BCUT2D eigenvalue weighted by Gasteiger charge is -2.57. The fourth-order valence-corrected chi connectivity index (χ4v) is 7.43. The predicted molar refractivity (Wildman–Crippen MR) is 105 cm³/mol. The Morgan fingerprint density at radius 2 is 1.56 bits per heavy atom. The molecule has 0 saturated heterocycles. The van der Waals surface area contributed by atoms with Gasteiger partial charge in [0, 0.05) is 12.0 Å². The van der Waals surface area contributed by atoms with Gasteiger partial charge in [-0.05, 0) is 92.2 Å². The van der Waals surface area contributed by atoms with Crippen molar-refractivity contribution in [1.82, 2.24) is 10.6 Å². The second-order valence-electron chi connectivity index (χ2n) is 10.3. The summed E-state index contributed by atoms with van der Waals surface area (Å²) in [5.41, 5.74) is 0.475. The summed E-state index contributed by atoms with van der Waals surface area (Å²) in [5, 5.41) is 7.19. The number of hydrogen-bond acceptors (Lipinski definition) is 2. The third-order valence-electron chi connectivity index (χ3n) is 8.27. The molecule has 4 heteroatoms. The summed E-state index contributed by atoms with van der Waals surface area (Å²) >= 11 is 5.53. The van der Waals surface area contributed by atoms with Crippen LogP contribution in [0.25, 0.3) is 0 Å². The van der Waals surface area contributed by atoms with Gasteiger partial charge in [-0.25, -0.2) is 0 Å². The van der Waals surface area contributed by atoms with E-state index in [4.69, 9.17) is 12.2 Å². The Labute approximate surface area is 158 Å². The predicted octanol–water partition coefficient (Wildman–Crippen LogP) is 4.41. The lowest BCUT2D eigenvalue weighted by Crippen LogP contribution is -2.62. The zero-order valence-electron chi connectivity index (χ0n) is 16.1. The average molecular weight is 363 g/mol. The van der Waals surface area contributed by atoms with Gasteiger partial charge in [0.2, 0.25) is 5.91 Å². The van der Waals surface area contributed by atoms with Crippen molar-refractivity contribution in [3.8, 4) is 0 Å². The molecule has 5 saturated carbocycles. The first-order chi connectivity index (χ1) is 11.8. The van der Waals surface area contributed by atoms with E-state index in [9.17, 15) is 4.79 Å². The van der Waals surface area contributed by atoms with Crippen molar-refractivity contribution >= 4 is 23.2 Å². The number of hydrogen-bond donors (Lipinski definition) is 2. The van der Waals surface area contributed by atoms with Gasteiger partial charge in [-0.3, -0.25) is 4.79 Å². The van der Waals surface area contributed by atoms with Gasteiger partial charge in [0.25, 0.3) is 0 Å². The Balaban J connectivity index is 1.29. The molecule has 1 amide bonds. The number of thiocarbonyl (C=S) groups is 1. The van der Waals surface area contributed by atoms with Gasteiger partial charge < -0.3 is 10.6 Å². The molecule has 0 heterocycles. The van der Waals surface area contributed by atoms with E-state index in [-0.39, 0.29) is 11.4 Å². The highest BCUT2D eigenvalue weighted by Gasteiger charge is 2.51. The maximum absolute atomic E-state index is 12.5. The molecule has 5 rings (SSSR count). The smallest absolute Gasteiger partial charge is 0.226 e. The fraction of sp³-hybridized carbons (Fsp3) is 0.905. The molecule has 25 heavy (non-hydrogen) atoms. The fourth-order valence-electron chi connectivity index (χ4n) is 7.10. The SMILES string of the molecule is CC[C@@H]1C[C@H](CC(=O)NC(=S)NC23CC4CC(CC(C4)C2)C3)C1(C)C. The van der Waals surface area contributed by atoms with Gasteiger partial charge in [-0.2, -0.15) is 0 Å². The Morgan fingerprint density at radius 3 is 2.04 bits per heavy atom. The van der Waals surface area contributed by atoms with Gasteiger partial charge in [-0.15, -0.1) is 0 Å². The van der Waals surface area contributed by atoms with Crippen molar-refractivity contribution in [1.29, 1.82) is 0 Å². The van der Waals surface area contributed by atoms with Crippen LogP contribution in [0.3, 0.4) is 0 Å². The molecule has 5 aliphatic rings. The maximum atomic E-state index is 12.5. The van der Waals surface area contributed by atoms with E-state index in [0.717, 1.165) is 23.7 Å². The third kappa shape index (κ3) is 3.24. The number of rotatable bonds is 4. The van der Waals surface area contributed by atoms with Crippen LogP contribution in [0, 0.1) is 35.0 Å². The molecule has 5 fully saturated rings. The van der Waals surface area contributed by atoms with Crippen LogP contribution < -0.4 is 10.6 Å². The summed E-state index contributed by atoms with van der Waals surface area (Å²) in [4.78, 5) is 12.5. The first kappa shape index (κ1) is 17.8. The molecule has 140 valence electrons. The van der Waals surface area contributed by atoms with E-state index in [2.05, 4.69) is 31.4 Å². The molecule has 0 aliphatic heterocycles. The van der Waals surface area contributed by atoms with E-state index in [1.807, 2.05) is 0 Å². The zero-order chi connectivity index (χ0) is 17.8. The van der Waals surface area contributed by atoms with Crippen molar-refractivity contribution in [2.24, 2.45) is 35.0 Å². The minimum atomic E-state index is 0.106. The minimum Gasteiger partial charge on any atom is -0.357 e. The van der Waals surface area contributed by atoms with Crippen molar-refractivity contribution in [3.05, 3.63) is 0 Å². The molecule has 0 aromatic heterocycles. The minimum absolute atomic E-state index is 0.106. The van der Waals surface area contributed by atoms with Crippen LogP contribution in [0.5, 0.6) is 0 Å². The molecule has 0 radical (unpaired) electrons. The number of amides is 1. The van der Waals surface area contributed by atoms with Crippen LogP contribution >= 0.6 is 12.2 Å². The summed E-state index contributed by atoms with van der Waals surface area (Å²) in [5.74, 6) is 4.04. The summed E-state index contributed by atoms with van der Waals surface area (Å²) in [6, 6.07) is 0. The molecular weight excluding hydrogens is 328 g/mol. The Hall–Kier alpha value is -0.640. The topological polar surface area (TPSA) is 41.1 Å². The summed E-state index contributed by atoms with van der Waals surface area (Å²) in [6.45, 7) is 6.89. The summed E-state index contributed by atoms with van der Waals surface area (Å²) in [7, 11) is 0. The van der Waals surface area contributed by atoms with Crippen molar-refractivity contribution in [2.45, 2.75) is 84.1 Å². The monoisotopic (exact) mass is 362 g/mol. The van der Waals surface area contributed by atoms with Crippen LogP contribution in [0.4, 0.5) is 0 Å². The molecular formula is C21H34N2OS. The van der Waals surface area contributed by atoms with Gasteiger partial charge in [0.1, 0.15) is 0 Å². The van der Waals surface area contributed by atoms with Crippen molar-refractivity contribution in [3.63, 3.8) is 0 Å². The molecule has 0 spiro atoms.